The maximum Gasteiger partial charge on any atom is 0.269 e. The Bertz CT molecular complexity index is 842. The average Bonchev–Trinajstić information content (AvgIpc) is 2.92. The Kier molecular flexibility index (Phi) is 3.20. The van der Waals surface area contributed by atoms with Crippen LogP contribution in [0.1, 0.15) is 22.0 Å². The highest BCUT2D eigenvalue weighted by molar-refractivity contribution is 6.00. The molecule has 7 nitrogen and oxygen atoms in total. The minimum Gasteiger partial charge on any atom is -0.461 e. The average molecular weight is 307 g/mol. The van der Waals surface area contributed by atoms with E-state index in [4.69, 9.17) is 4.42 Å². The van der Waals surface area contributed by atoms with E-state index in [1.54, 1.807) is 6.07 Å². The summed E-state index contributed by atoms with van der Waals surface area (Å²) in [5, 5.41) is 29.5. The zero-order chi connectivity index (χ0) is 16.6. The van der Waals surface area contributed by atoms with Gasteiger partial charge in [-0.3, -0.25) is 14.9 Å². The highest BCUT2D eigenvalue weighted by Crippen LogP contribution is 2.65. The first kappa shape index (κ1) is 14.5. The van der Waals surface area contributed by atoms with Gasteiger partial charge in [-0.1, -0.05) is 12.1 Å². The molecule has 0 amide bonds. The molecule has 112 valence electrons. The van der Waals surface area contributed by atoms with Gasteiger partial charge in [0.05, 0.1) is 29.2 Å². The summed E-state index contributed by atoms with van der Waals surface area (Å²) in [6.45, 7) is 0. The number of nitro groups is 1. The molecule has 23 heavy (non-hydrogen) atoms. The van der Waals surface area contributed by atoms with Crippen LogP contribution < -0.4 is 0 Å². The molecule has 1 aliphatic rings. The number of Topliss-reactive ketones (excluding diaryl/α,β-unsaturated/α-hetero) is 1. The molecule has 7 heteroatoms. The van der Waals surface area contributed by atoms with Crippen LogP contribution in [0.3, 0.4) is 0 Å². The van der Waals surface area contributed by atoms with E-state index >= 15 is 0 Å². The fourth-order valence-corrected chi connectivity index (χ4v) is 2.88. The highest BCUT2D eigenvalue weighted by atomic mass is 16.6. The van der Waals surface area contributed by atoms with E-state index in [1.807, 2.05) is 12.1 Å². The summed E-state index contributed by atoms with van der Waals surface area (Å²) in [6, 6.07) is 12.4. The lowest BCUT2D eigenvalue weighted by atomic mass is 10.0. The lowest BCUT2D eigenvalue weighted by Crippen LogP contribution is -2.07. The van der Waals surface area contributed by atoms with Gasteiger partial charge in [0.25, 0.3) is 5.69 Å². The van der Waals surface area contributed by atoms with E-state index in [-0.39, 0.29) is 11.4 Å². The number of nitrogens with zero attached hydrogens (tertiary/aromatic N) is 3. The van der Waals surface area contributed by atoms with Crippen LogP contribution >= 0.6 is 0 Å². The van der Waals surface area contributed by atoms with Crippen LogP contribution in [0.25, 0.3) is 0 Å². The topological polar surface area (TPSA) is 121 Å². The Morgan fingerprint density at radius 2 is 1.87 bits per heavy atom. The predicted octanol–water partition coefficient (Wildman–Crippen LogP) is 2.82. The molecule has 3 rings (SSSR count). The molecule has 1 aromatic carbocycles. The van der Waals surface area contributed by atoms with Crippen LogP contribution in [0.5, 0.6) is 0 Å². The summed E-state index contributed by atoms with van der Waals surface area (Å²) in [6.07, 6.45) is 1.34. The molecule has 2 aromatic rings. The number of hydrogen-bond donors (Lipinski definition) is 0. The molecule has 0 radical (unpaired) electrons. The van der Waals surface area contributed by atoms with Gasteiger partial charge in [-0.25, -0.2) is 0 Å². The SMILES string of the molecule is N#CC1(C#N)C(C(=O)c2ccco2)C1c1ccc([N+](=O)[O-])cc1. The van der Waals surface area contributed by atoms with Gasteiger partial charge in [-0.05, 0) is 17.7 Å². The van der Waals surface area contributed by atoms with Gasteiger partial charge < -0.3 is 4.42 Å². The summed E-state index contributed by atoms with van der Waals surface area (Å²) in [4.78, 5) is 22.6. The van der Waals surface area contributed by atoms with Crippen molar-refractivity contribution in [1.82, 2.24) is 0 Å². The first-order valence-corrected chi connectivity index (χ1v) is 6.69. The number of ketones is 1. The molecular weight excluding hydrogens is 298 g/mol. The van der Waals surface area contributed by atoms with Gasteiger partial charge in [-0.2, -0.15) is 10.5 Å². The van der Waals surface area contributed by atoms with Crippen molar-refractivity contribution in [2.45, 2.75) is 5.92 Å². The van der Waals surface area contributed by atoms with Crippen molar-refractivity contribution < 1.29 is 14.1 Å². The molecule has 2 atom stereocenters. The van der Waals surface area contributed by atoms with Crippen LogP contribution in [-0.4, -0.2) is 10.7 Å². The van der Waals surface area contributed by atoms with Gasteiger partial charge >= 0.3 is 0 Å². The Balaban J connectivity index is 1.97. The Morgan fingerprint density at radius 1 is 1.22 bits per heavy atom. The smallest absolute Gasteiger partial charge is 0.269 e. The summed E-state index contributed by atoms with van der Waals surface area (Å²) < 4.78 is 5.06. The predicted molar refractivity (Wildman–Crippen MR) is 76.0 cm³/mol. The van der Waals surface area contributed by atoms with Crippen molar-refractivity contribution in [1.29, 1.82) is 10.5 Å². The van der Waals surface area contributed by atoms with Crippen LogP contribution in [0.2, 0.25) is 0 Å². The number of nitro benzene ring substituents is 1. The number of non-ortho nitro benzene ring substituents is 1. The second kappa shape index (κ2) is 5.08. The maximum atomic E-state index is 12.5. The molecular formula is C16H9N3O4. The fraction of sp³-hybridized carbons (Fsp3) is 0.188. The third kappa shape index (κ3) is 2.07. The van der Waals surface area contributed by atoms with Crippen molar-refractivity contribution in [3.8, 4) is 12.1 Å². The van der Waals surface area contributed by atoms with Gasteiger partial charge in [-0.15, -0.1) is 0 Å². The molecule has 2 unspecified atom stereocenters. The van der Waals surface area contributed by atoms with E-state index in [1.165, 1.54) is 36.6 Å². The number of benzene rings is 1. The van der Waals surface area contributed by atoms with Gasteiger partial charge in [0, 0.05) is 18.1 Å². The standard InChI is InChI=1S/C16H9N3O4/c17-8-16(9-18)13(10-3-5-11(6-4-10)19(21)22)14(16)15(20)12-2-1-7-23-12/h1-7,13-14H. The number of carbonyl (C=O) groups excluding carboxylic acids is 1. The third-order valence-electron chi connectivity index (χ3n) is 4.08. The van der Waals surface area contributed by atoms with E-state index in [0.29, 0.717) is 5.56 Å². The zero-order valence-electron chi connectivity index (χ0n) is 11.7. The molecule has 0 N–H and O–H groups in total. The minimum atomic E-state index is -1.47. The highest BCUT2D eigenvalue weighted by Gasteiger charge is 2.71. The zero-order valence-corrected chi connectivity index (χ0v) is 11.7. The van der Waals surface area contributed by atoms with Gasteiger partial charge in [0.2, 0.25) is 5.78 Å². The van der Waals surface area contributed by atoms with E-state index < -0.39 is 28.0 Å². The van der Waals surface area contributed by atoms with Crippen molar-refractivity contribution in [3.05, 3.63) is 64.1 Å². The number of hydrogen-bond acceptors (Lipinski definition) is 6. The molecule has 1 aliphatic carbocycles. The monoisotopic (exact) mass is 307 g/mol. The van der Waals surface area contributed by atoms with Crippen molar-refractivity contribution in [3.63, 3.8) is 0 Å². The number of carbonyl (C=O) groups is 1. The lowest BCUT2D eigenvalue weighted by Gasteiger charge is -1.99. The molecule has 0 saturated heterocycles. The van der Waals surface area contributed by atoms with Crippen molar-refractivity contribution >= 4 is 11.5 Å². The Morgan fingerprint density at radius 3 is 2.35 bits per heavy atom. The van der Waals surface area contributed by atoms with Crippen molar-refractivity contribution in [2.75, 3.05) is 0 Å². The molecule has 1 aromatic heterocycles. The van der Waals surface area contributed by atoms with Crippen LogP contribution in [0, 0.1) is 44.1 Å². The third-order valence-corrected chi connectivity index (χ3v) is 4.08. The largest absolute Gasteiger partial charge is 0.461 e. The fourth-order valence-electron chi connectivity index (χ4n) is 2.88. The first-order valence-electron chi connectivity index (χ1n) is 6.69. The van der Waals surface area contributed by atoms with Crippen LogP contribution in [0.4, 0.5) is 5.69 Å². The molecule has 0 aliphatic heterocycles. The van der Waals surface area contributed by atoms with E-state index in [0.717, 1.165) is 0 Å². The minimum absolute atomic E-state index is 0.0919. The van der Waals surface area contributed by atoms with Gasteiger partial charge in [0.1, 0.15) is 0 Å². The molecule has 1 saturated carbocycles. The second-order valence-corrected chi connectivity index (χ2v) is 5.24. The normalized spacial score (nSPS) is 21.0. The van der Waals surface area contributed by atoms with Crippen LogP contribution in [-0.2, 0) is 0 Å². The summed E-state index contributed by atoms with van der Waals surface area (Å²) in [5.41, 5.74) is -1.02. The Hall–Kier alpha value is -3.45. The van der Waals surface area contributed by atoms with E-state index in [2.05, 4.69) is 0 Å². The number of rotatable bonds is 4. The summed E-state index contributed by atoms with van der Waals surface area (Å²) in [7, 11) is 0. The Labute approximate surface area is 130 Å². The first-order chi connectivity index (χ1) is 11.0. The van der Waals surface area contributed by atoms with Crippen molar-refractivity contribution in [2.24, 2.45) is 11.3 Å². The number of furan rings is 1. The lowest BCUT2D eigenvalue weighted by molar-refractivity contribution is -0.384. The van der Waals surface area contributed by atoms with Gasteiger partial charge in [0.15, 0.2) is 11.2 Å². The molecule has 0 bridgehead atoms. The quantitative estimate of drug-likeness (QED) is 0.486. The molecule has 1 heterocycles. The van der Waals surface area contributed by atoms with Crippen LogP contribution in [0.15, 0.2) is 47.1 Å². The van der Waals surface area contributed by atoms with E-state index in [9.17, 15) is 25.4 Å². The number of nitriles is 2. The summed E-state index contributed by atoms with van der Waals surface area (Å²) in [5.74, 6) is -1.79. The summed E-state index contributed by atoms with van der Waals surface area (Å²) >= 11 is 0. The maximum absolute atomic E-state index is 12.5. The molecule has 0 spiro atoms. The second-order valence-electron chi connectivity index (χ2n) is 5.24. The molecule has 1 fully saturated rings.